The Labute approximate surface area is 430 Å². The zero-order chi connectivity index (χ0) is 51.8. The summed E-state index contributed by atoms with van der Waals surface area (Å²) < 4.78 is 17.5. The van der Waals surface area contributed by atoms with Gasteiger partial charge in [-0.25, -0.2) is 0 Å². The number of aliphatic hydroxyl groups excluding tert-OH is 5. The van der Waals surface area contributed by atoms with Crippen LogP contribution in [-0.4, -0.2) is 99.6 Å². The highest BCUT2D eigenvalue weighted by Gasteiger charge is 2.47. The molecule has 1 aliphatic rings. The summed E-state index contributed by atoms with van der Waals surface area (Å²) >= 11 is 0. The summed E-state index contributed by atoms with van der Waals surface area (Å²) in [6.45, 7) is 5.44. The number of rotatable bonds is 43. The number of amides is 1. The van der Waals surface area contributed by atoms with Gasteiger partial charge in [0.25, 0.3) is 0 Å². The van der Waals surface area contributed by atoms with Gasteiger partial charge in [0.1, 0.15) is 24.4 Å². The quantitative estimate of drug-likeness (QED) is 0.0149. The predicted octanol–water partition coefficient (Wildman–Crippen LogP) is 11.9. The first-order valence-corrected chi connectivity index (χ1v) is 27.4. The van der Waals surface area contributed by atoms with Gasteiger partial charge in [-0.15, -0.1) is 0 Å². The minimum atomic E-state index is -1.64. The van der Waals surface area contributed by atoms with Crippen molar-refractivity contribution in [3.8, 4) is 0 Å². The van der Waals surface area contributed by atoms with Crippen LogP contribution in [0.1, 0.15) is 181 Å². The van der Waals surface area contributed by atoms with Crippen molar-refractivity contribution >= 4 is 11.9 Å². The molecule has 0 saturated carbocycles. The lowest BCUT2D eigenvalue weighted by molar-refractivity contribution is -0.305. The molecular weight excluding hydrogens is 895 g/mol. The molecule has 1 fully saturated rings. The fourth-order valence-corrected chi connectivity index (χ4v) is 7.63. The molecule has 0 spiro atoms. The van der Waals surface area contributed by atoms with E-state index >= 15 is 0 Å². The summed E-state index contributed by atoms with van der Waals surface area (Å²) in [5.74, 6) is -1.28. The molecule has 11 nitrogen and oxygen atoms in total. The third-order valence-corrected chi connectivity index (χ3v) is 12.0. The van der Waals surface area contributed by atoms with Crippen LogP contribution in [0.5, 0.6) is 0 Å². The monoisotopic (exact) mass is 992 g/mol. The van der Waals surface area contributed by atoms with Gasteiger partial charge in [-0.2, -0.15) is 0 Å². The highest BCUT2D eigenvalue weighted by molar-refractivity contribution is 5.80. The van der Waals surface area contributed by atoms with Crippen LogP contribution < -0.4 is 5.32 Å². The number of unbranched alkanes of at least 4 members (excludes halogenated alkanes) is 14. The van der Waals surface area contributed by atoms with Gasteiger partial charge in [0.2, 0.25) is 5.91 Å². The Morgan fingerprint density at radius 3 is 1.69 bits per heavy atom. The fraction of sp³-hybridized carbons (Fsp3) is 0.633. The number of hydrogen-bond donors (Lipinski definition) is 6. The molecule has 11 heteroatoms. The van der Waals surface area contributed by atoms with Crippen LogP contribution in [0.25, 0.3) is 0 Å². The zero-order valence-electron chi connectivity index (χ0n) is 44.0. The zero-order valence-corrected chi connectivity index (χ0v) is 44.0. The Morgan fingerprint density at radius 1 is 0.577 bits per heavy atom. The number of ether oxygens (including phenoxy) is 3. The van der Waals surface area contributed by atoms with Gasteiger partial charge >= 0.3 is 5.97 Å². The normalized spacial score (nSPS) is 20.6. The predicted molar refractivity (Wildman–Crippen MR) is 291 cm³/mol. The van der Waals surface area contributed by atoms with E-state index in [0.29, 0.717) is 12.8 Å². The van der Waals surface area contributed by atoms with Crippen LogP contribution in [0.2, 0.25) is 0 Å². The first-order chi connectivity index (χ1) is 34.7. The van der Waals surface area contributed by atoms with Crippen molar-refractivity contribution in [2.45, 2.75) is 230 Å². The molecule has 0 radical (unpaired) electrons. The lowest BCUT2D eigenvalue weighted by Gasteiger charge is -2.41. The SMILES string of the molecule is CC/C=C\C/C=C\C/C=C\C/C=C\C/C=C\CCCCC(O)C(=O)NC(COC1OC(CO)C(O)C(O)C1OC(=O)CCCCC\C=C/C=C\C=C\C=C\CC)C(O)/C=C/CCCCCCCCCCC. The van der Waals surface area contributed by atoms with Gasteiger partial charge in [0.05, 0.1) is 25.4 Å². The van der Waals surface area contributed by atoms with Crippen molar-refractivity contribution in [3.05, 3.63) is 122 Å². The molecule has 402 valence electrons. The summed E-state index contributed by atoms with van der Waals surface area (Å²) in [6.07, 6.45) is 53.9. The number of carbonyl (C=O) groups is 2. The lowest BCUT2D eigenvalue weighted by atomic mass is 9.99. The van der Waals surface area contributed by atoms with E-state index in [9.17, 15) is 35.1 Å². The third kappa shape index (κ3) is 35.8. The van der Waals surface area contributed by atoms with E-state index in [1.165, 1.54) is 38.5 Å². The molecule has 1 saturated heterocycles. The highest BCUT2D eigenvalue weighted by atomic mass is 16.7. The Hall–Kier alpha value is -3.94. The van der Waals surface area contributed by atoms with E-state index in [1.54, 1.807) is 6.08 Å². The minimum absolute atomic E-state index is 0.0660. The maximum absolute atomic E-state index is 13.3. The second kappa shape index (κ2) is 47.1. The standard InChI is InChI=1S/C60H97NO10/c1-4-7-10-13-16-19-22-24-25-26-27-28-30-32-35-38-41-44-47-53(64)59(68)61-51(52(63)46-43-40-37-34-31-21-18-15-12-9-6-3)50-69-60-58(57(67)56(66)54(49-62)70-60)71-55(65)48-45-42-39-36-33-29-23-20-17-14-11-8-5-2/h7-8,10-11,14,16-17,19-20,23-25,27-29,32-33,35,43,46,51-54,56-58,60,62-64,66-67H,4-6,9,12-13,15,18,21-22,26,30-31,34,36-42,44-45,47-50H2,1-3H3,(H,61,68)/b10-7-,11-8+,17-14+,19-16-,23-20-,25-24-,28-27-,33-29-,35-32-,46-43+. The number of carbonyl (C=O) groups excluding carboxylic acids is 2. The molecule has 1 rings (SSSR count). The number of allylic oxidation sites excluding steroid dienone is 19. The van der Waals surface area contributed by atoms with Gasteiger partial charge in [0.15, 0.2) is 12.4 Å². The average Bonchev–Trinajstić information content (AvgIpc) is 3.37. The minimum Gasteiger partial charge on any atom is -0.454 e. The van der Waals surface area contributed by atoms with E-state index < -0.39 is 67.4 Å². The van der Waals surface area contributed by atoms with Crippen molar-refractivity contribution in [1.82, 2.24) is 5.32 Å². The molecule has 0 aromatic heterocycles. The van der Waals surface area contributed by atoms with Crippen LogP contribution in [0, 0.1) is 0 Å². The number of nitrogens with one attached hydrogen (secondary N) is 1. The molecule has 1 aliphatic heterocycles. The largest absolute Gasteiger partial charge is 0.454 e. The Balaban J connectivity index is 2.80. The van der Waals surface area contributed by atoms with Crippen molar-refractivity contribution in [2.24, 2.45) is 0 Å². The van der Waals surface area contributed by atoms with Crippen molar-refractivity contribution in [2.75, 3.05) is 13.2 Å². The molecule has 1 amide bonds. The molecule has 71 heavy (non-hydrogen) atoms. The van der Waals surface area contributed by atoms with Crippen LogP contribution in [0.3, 0.4) is 0 Å². The smallest absolute Gasteiger partial charge is 0.306 e. The van der Waals surface area contributed by atoms with Gasteiger partial charge in [-0.05, 0) is 89.9 Å². The second-order valence-corrected chi connectivity index (χ2v) is 18.3. The summed E-state index contributed by atoms with van der Waals surface area (Å²) in [6, 6.07) is -1.06. The van der Waals surface area contributed by atoms with E-state index in [-0.39, 0.29) is 19.4 Å². The molecule has 0 aromatic rings. The van der Waals surface area contributed by atoms with Gasteiger partial charge in [-0.3, -0.25) is 9.59 Å². The van der Waals surface area contributed by atoms with E-state index in [4.69, 9.17) is 14.2 Å². The maximum Gasteiger partial charge on any atom is 0.306 e. The fourth-order valence-electron chi connectivity index (χ4n) is 7.63. The molecule has 0 bridgehead atoms. The van der Waals surface area contributed by atoms with Gasteiger partial charge in [0, 0.05) is 6.42 Å². The van der Waals surface area contributed by atoms with Crippen LogP contribution in [-0.2, 0) is 23.8 Å². The topological polar surface area (TPSA) is 175 Å². The number of hydrogen-bond acceptors (Lipinski definition) is 10. The Kier molecular flexibility index (Phi) is 43.2. The third-order valence-electron chi connectivity index (χ3n) is 12.0. The van der Waals surface area contributed by atoms with E-state index in [0.717, 1.165) is 96.3 Å². The first-order valence-electron chi connectivity index (χ1n) is 27.4. The number of esters is 1. The average molecular weight is 992 g/mol. The van der Waals surface area contributed by atoms with Crippen molar-refractivity contribution in [1.29, 1.82) is 0 Å². The lowest BCUT2D eigenvalue weighted by Crippen LogP contribution is -2.61. The van der Waals surface area contributed by atoms with Crippen molar-refractivity contribution in [3.63, 3.8) is 0 Å². The van der Waals surface area contributed by atoms with Crippen molar-refractivity contribution < 1.29 is 49.3 Å². The molecule has 6 N–H and O–H groups in total. The van der Waals surface area contributed by atoms with Gasteiger partial charge in [-0.1, -0.05) is 206 Å². The molecule has 0 aliphatic carbocycles. The summed E-state index contributed by atoms with van der Waals surface area (Å²) in [4.78, 5) is 26.4. The van der Waals surface area contributed by atoms with E-state index in [2.05, 4.69) is 99.0 Å². The molecule has 8 unspecified atom stereocenters. The van der Waals surface area contributed by atoms with Crippen LogP contribution in [0.4, 0.5) is 0 Å². The molecular formula is C60H97NO10. The summed E-state index contributed by atoms with van der Waals surface area (Å²) in [7, 11) is 0. The van der Waals surface area contributed by atoms with Crippen LogP contribution >= 0.6 is 0 Å². The summed E-state index contributed by atoms with van der Waals surface area (Å²) in [5, 5.41) is 56.6. The maximum atomic E-state index is 13.3. The van der Waals surface area contributed by atoms with Crippen LogP contribution in [0.15, 0.2) is 122 Å². The Morgan fingerprint density at radius 2 is 1.08 bits per heavy atom. The molecule has 8 atom stereocenters. The summed E-state index contributed by atoms with van der Waals surface area (Å²) in [5.41, 5.74) is 0. The number of aliphatic hydroxyl groups is 5. The Bertz CT molecular complexity index is 1610. The highest BCUT2D eigenvalue weighted by Crippen LogP contribution is 2.26. The van der Waals surface area contributed by atoms with E-state index in [1.807, 2.05) is 42.5 Å². The molecule has 0 aromatic carbocycles. The molecule has 1 heterocycles. The van der Waals surface area contributed by atoms with Gasteiger partial charge < -0.3 is 45.1 Å². The second-order valence-electron chi connectivity index (χ2n) is 18.3. The first kappa shape index (κ1) is 65.1.